The van der Waals surface area contributed by atoms with E-state index < -0.39 is 17.2 Å². The predicted octanol–water partition coefficient (Wildman–Crippen LogP) is 5.23. The summed E-state index contributed by atoms with van der Waals surface area (Å²) in [5.41, 5.74) is 1.12. The number of hydrogen-bond acceptors (Lipinski definition) is 3. The van der Waals surface area contributed by atoms with E-state index in [1.165, 1.54) is 12.8 Å². The number of aliphatic hydroxyl groups is 2. The molecule has 0 saturated carbocycles. The monoisotopic (exact) mass is 401 g/mol. The molecular weight excluding hydrogens is 370 g/mol. The van der Waals surface area contributed by atoms with E-state index in [0.29, 0.717) is 5.02 Å². The summed E-state index contributed by atoms with van der Waals surface area (Å²) in [5.74, 6) is 0. The Hall–Kier alpha value is -1.39. The highest BCUT2D eigenvalue weighted by atomic mass is 35.5. The zero-order valence-electron chi connectivity index (χ0n) is 17.2. The van der Waals surface area contributed by atoms with Gasteiger partial charge < -0.3 is 10.2 Å². The fourth-order valence-corrected chi connectivity index (χ4v) is 4.33. The Kier molecular flexibility index (Phi) is 6.51. The van der Waals surface area contributed by atoms with Crippen molar-refractivity contribution in [2.75, 3.05) is 13.1 Å². The minimum Gasteiger partial charge on any atom is -0.385 e. The first-order chi connectivity index (χ1) is 13.2. The van der Waals surface area contributed by atoms with Crippen LogP contribution in [0.2, 0.25) is 5.02 Å². The Morgan fingerprint density at radius 2 is 1.46 bits per heavy atom. The first-order valence-corrected chi connectivity index (χ1v) is 10.6. The van der Waals surface area contributed by atoms with Gasteiger partial charge >= 0.3 is 0 Å². The number of halogens is 1. The average molecular weight is 402 g/mol. The van der Waals surface area contributed by atoms with Crippen LogP contribution in [0.4, 0.5) is 0 Å². The second-order valence-corrected chi connectivity index (χ2v) is 9.09. The fourth-order valence-electron chi connectivity index (χ4n) is 4.20. The second-order valence-electron chi connectivity index (χ2n) is 8.65. The lowest BCUT2D eigenvalue weighted by Crippen LogP contribution is -2.60. The summed E-state index contributed by atoms with van der Waals surface area (Å²) >= 11 is 6.06. The van der Waals surface area contributed by atoms with Crippen LogP contribution >= 0.6 is 11.6 Å². The Balaban J connectivity index is 1.98. The zero-order valence-corrected chi connectivity index (χ0v) is 17.9. The van der Waals surface area contributed by atoms with E-state index >= 15 is 0 Å². The Morgan fingerprint density at radius 1 is 0.893 bits per heavy atom. The summed E-state index contributed by atoms with van der Waals surface area (Å²) in [4.78, 5) is 2.04. The normalized spacial score (nSPS) is 19.6. The van der Waals surface area contributed by atoms with Gasteiger partial charge in [0.2, 0.25) is 0 Å². The maximum atomic E-state index is 11.6. The molecule has 0 bridgehead atoms. The molecule has 0 aliphatic carbocycles. The lowest BCUT2D eigenvalue weighted by molar-refractivity contribution is -0.170. The van der Waals surface area contributed by atoms with E-state index in [0.717, 1.165) is 42.6 Å². The molecular formula is C24H32ClNO2. The Bertz CT molecular complexity index is 777. The predicted molar refractivity (Wildman–Crippen MR) is 117 cm³/mol. The molecule has 0 spiro atoms. The van der Waals surface area contributed by atoms with Crippen LogP contribution in [0.15, 0.2) is 48.5 Å². The summed E-state index contributed by atoms with van der Waals surface area (Å²) in [5, 5.41) is 23.5. The van der Waals surface area contributed by atoms with Gasteiger partial charge in [0.1, 0.15) is 11.8 Å². The number of rotatable bonds is 5. The van der Waals surface area contributed by atoms with Crippen molar-refractivity contribution in [1.82, 2.24) is 4.90 Å². The molecule has 2 atom stereocenters. The molecule has 3 rings (SSSR count). The van der Waals surface area contributed by atoms with Gasteiger partial charge in [-0.2, -0.15) is 0 Å². The molecule has 3 nitrogen and oxygen atoms in total. The third-order valence-corrected chi connectivity index (χ3v) is 6.76. The second kappa shape index (κ2) is 8.54. The van der Waals surface area contributed by atoms with E-state index in [9.17, 15) is 10.2 Å². The summed E-state index contributed by atoms with van der Waals surface area (Å²) in [6, 6.07) is 15.9. The van der Waals surface area contributed by atoms with Crippen molar-refractivity contribution in [2.24, 2.45) is 0 Å². The van der Waals surface area contributed by atoms with Gasteiger partial charge in [-0.15, -0.1) is 0 Å². The van der Waals surface area contributed by atoms with E-state index in [-0.39, 0.29) is 0 Å². The van der Waals surface area contributed by atoms with Crippen LogP contribution in [-0.2, 0) is 5.41 Å². The molecule has 152 valence electrons. The van der Waals surface area contributed by atoms with Gasteiger partial charge in [-0.05, 0) is 48.6 Å². The number of likely N-dealkylation sites (tertiary alicyclic amines) is 1. The molecule has 2 unspecified atom stereocenters. The van der Waals surface area contributed by atoms with Crippen molar-refractivity contribution in [3.63, 3.8) is 0 Å². The first-order valence-electron chi connectivity index (χ1n) is 10.2. The molecule has 2 aromatic rings. The van der Waals surface area contributed by atoms with Crippen molar-refractivity contribution < 1.29 is 10.2 Å². The van der Waals surface area contributed by atoms with E-state index in [1.54, 1.807) is 6.92 Å². The van der Waals surface area contributed by atoms with Crippen molar-refractivity contribution in [3.05, 3.63) is 59.1 Å². The molecule has 0 amide bonds. The standard InChI is InChI=1S/C24H32ClNO2/c1-23(2,24(3,28)22(27)26-16-8-4-5-9-17-26)21-11-7-6-10-20(21)18-12-14-19(25)15-13-18/h6-7,10-15,22,27-28H,4-5,8-9,16-17H2,1-3H3. The van der Waals surface area contributed by atoms with Crippen LogP contribution in [0, 0.1) is 0 Å². The highest BCUT2D eigenvalue weighted by Crippen LogP contribution is 2.42. The molecule has 0 aromatic heterocycles. The van der Waals surface area contributed by atoms with Crippen molar-refractivity contribution in [3.8, 4) is 11.1 Å². The molecule has 28 heavy (non-hydrogen) atoms. The van der Waals surface area contributed by atoms with Crippen LogP contribution in [0.5, 0.6) is 0 Å². The van der Waals surface area contributed by atoms with Gasteiger partial charge in [0.15, 0.2) is 0 Å². The number of hydrogen-bond donors (Lipinski definition) is 2. The van der Waals surface area contributed by atoms with Gasteiger partial charge in [-0.3, -0.25) is 4.90 Å². The summed E-state index contributed by atoms with van der Waals surface area (Å²) in [7, 11) is 0. The van der Waals surface area contributed by atoms with Gasteiger partial charge in [-0.25, -0.2) is 0 Å². The lowest BCUT2D eigenvalue weighted by atomic mass is 9.67. The molecule has 1 heterocycles. The van der Waals surface area contributed by atoms with E-state index in [4.69, 9.17) is 11.6 Å². The highest BCUT2D eigenvalue weighted by molar-refractivity contribution is 6.30. The van der Waals surface area contributed by atoms with E-state index in [2.05, 4.69) is 6.07 Å². The maximum Gasteiger partial charge on any atom is 0.137 e. The van der Waals surface area contributed by atoms with E-state index in [1.807, 2.05) is 61.2 Å². The zero-order chi connectivity index (χ0) is 20.4. The smallest absolute Gasteiger partial charge is 0.137 e. The van der Waals surface area contributed by atoms with Crippen LogP contribution in [0.25, 0.3) is 11.1 Å². The largest absolute Gasteiger partial charge is 0.385 e. The molecule has 4 heteroatoms. The van der Waals surface area contributed by atoms with Crippen LogP contribution in [0.3, 0.4) is 0 Å². The SMILES string of the molecule is CC(C)(c1ccccc1-c1ccc(Cl)cc1)C(C)(O)C(O)N1CCCCCC1. The molecule has 2 aromatic carbocycles. The summed E-state index contributed by atoms with van der Waals surface area (Å²) < 4.78 is 0. The van der Waals surface area contributed by atoms with Crippen LogP contribution < -0.4 is 0 Å². The molecule has 1 aliphatic rings. The highest BCUT2D eigenvalue weighted by Gasteiger charge is 2.49. The molecule has 1 fully saturated rings. The molecule has 1 aliphatic heterocycles. The third kappa shape index (κ3) is 4.13. The number of benzene rings is 2. The summed E-state index contributed by atoms with van der Waals surface area (Å²) in [6.07, 6.45) is 3.59. The minimum absolute atomic E-state index is 0.672. The maximum absolute atomic E-state index is 11.6. The molecule has 2 N–H and O–H groups in total. The van der Waals surface area contributed by atoms with Crippen LogP contribution in [-0.4, -0.2) is 40.0 Å². The average Bonchev–Trinajstić information content (AvgIpc) is 2.97. The quantitative estimate of drug-likeness (QED) is 0.720. The van der Waals surface area contributed by atoms with Crippen molar-refractivity contribution in [2.45, 2.75) is 63.7 Å². The lowest BCUT2D eigenvalue weighted by Gasteiger charge is -2.47. The van der Waals surface area contributed by atoms with Crippen LogP contribution in [0.1, 0.15) is 52.0 Å². The first kappa shape index (κ1) is 21.3. The topological polar surface area (TPSA) is 43.7 Å². The molecule has 0 radical (unpaired) electrons. The number of aliphatic hydroxyl groups excluding tert-OH is 1. The Morgan fingerprint density at radius 3 is 2.07 bits per heavy atom. The fraction of sp³-hybridized carbons (Fsp3) is 0.500. The summed E-state index contributed by atoms with van der Waals surface area (Å²) in [6.45, 7) is 7.45. The van der Waals surface area contributed by atoms with Gasteiger partial charge in [-0.1, -0.05) is 74.7 Å². The van der Waals surface area contributed by atoms with Crippen molar-refractivity contribution >= 4 is 11.6 Å². The number of nitrogens with zero attached hydrogens (tertiary/aromatic N) is 1. The third-order valence-electron chi connectivity index (χ3n) is 6.51. The van der Waals surface area contributed by atoms with Gasteiger partial charge in [0, 0.05) is 23.5 Å². The van der Waals surface area contributed by atoms with Crippen molar-refractivity contribution in [1.29, 1.82) is 0 Å². The Labute approximate surface area is 174 Å². The van der Waals surface area contributed by atoms with Gasteiger partial charge in [0.25, 0.3) is 0 Å². The minimum atomic E-state index is -1.32. The van der Waals surface area contributed by atoms with Gasteiger partial charge in [0.05, 0.1) is 0 Å². The molecule has 1 saturated heterocycles.